The van der Waals surface area contributed by atoms with Crippen molar-refractivity contribution in [2.75, 3.05) is 26.2 Å². The normalized spacial score (nSPS) is 30.1. The van der Waals surface area contributed by atoms with E-state index >= 15 is 0 Å². The molecule has 2 heteroatoms. The Balaban J connectivity index is 1.76. The third-order valence-electron chi connectivity index (χ3n) is 3.30. The summed E-state index contributed by atoms with van der Waals surface area (Å²) in [5.41, 5.74) is 1.55. The summed E-state index contributed by atoms with van der Waals surface area (Å²) < 4.78 is 0. The molecular formula is C12H22N2. The Bertz CT molecular complexity index is 204. The maximum Gasteiger partial charge on any atom is 0.0195 e. The van der Waals surface area contributed by atoms with Crippen LogP contribution in [0.3, 0.4) is 0 Å². The van der Waals surface area contributed by atoms with E-state index in [4.69, 9.17) is 0 Å². The molecule has 1 N–H and O–H groups in total. The molecule has 0 aromatic carbocycles. The molecule has 0 aliphatic carbocycles. The Labute approximate surface area is 87.4 Å². The van der Waals surface area contributed by atoms with Crippen LogP contribution in [0.15, 0.2) is 11.6 Å². The third-order valence-corrected chi connectivity index (χ3v) is 3.30. The van der Waals surface area contributed by atoms with Crippen molar-refractivity contribution < 1.29 is 0 Å². The molecule has 0 spiro atoms. The summed E-state index contributed by atoms with van der Waals surface area (Å²) in [6.45, 7) is 7.19. The van der Waals surface area contributed by atoms with Gasteiger partial charge in [-0.2, -0.15) is 0 Å². The first-order valence-corrected chi connectivity index (χ1v) is 5.96. The molecule has 0 radical (unpaired) electrons. The van der Waals surface area contributed by atoms with Crippen LogP contribution in [0.25, 0.3) is 0 Å². The fraction of sp³-hybridized carbons (Fsp3) is 0.833. The second-order valence-corrected chi connectivity index (χ2v) is 4.72. The quantitative estimate of drug-likeness (QED) is 0.674. The number of hydrogen-bond acceptors (Lipinski definition) is 2. The Morgan fingerprint density at radius 1 is 1.50 bits per heavy atom. The summed E-state index contributed by atoms with van der Waals surface area (Å²) in [7, 11) is 0. The van der Waals surface area contributed by atoms with Crippen LogP contribution in [0.4, 0.5) is 0 Å². The number of nitrogens with zero attached hydrogens (tertiary/aromatic N) is 1. The predicted molar refractivity (Wildman–Crippen MR) is 60.5 cm³/mol. The van der Waals surface area contributed by atoms with Gasteiger partial charge in [0.25, 0.3) is 0 Å². The highest BCUT2D eigenvalue weighted by atomic mass is 15.2. The topological polar surface area (TPSA) is 15.3 Å². The molecule has 2 aliphatic heterocycles. The van der Waals surface area contributed by atoms with E-state index in [2.05, 4.69) is 23.2 Å². The van der Waals surface area contributed by atoms with Crippen LogP contribution in [0.2, 0.25) is 0 Å². The molecular weight excluding hydrogens is 172 g/mol. The summed E-state index contributed by atoms with van der Waals surface area (Å²) in [6.07, 6.45) is 7.79. The summed E-state index contributed by atoms with van der Waals surface area (Å²) in [5, 5.41) is 3.62. The molecule has 14 heavy (non-hydrogen) atoms. The van der Waals surface area contributed by atoms with Gasteiger partial charge in [0.2, 0.25) is 0 Å². The van der Waals surface area contributed by atoms with Crippen LogP contribution in [-0.2, 0) is 0 Å². The fourth-order valence-corrected chi connectivity index (χ4v) is 2.54. The zero-order chi connectivity index (χ0) is 9.80. The van der Waals surface area contributed by atoms with E-state index in [0.29, 0.717) is 0 Å². The van der Waals surface area contributed by atoms with Crippen molar-refractivity contribution in [2.45, 2.75) is 38.6 Å². The number of hydrogen-bond donors (Lipinski definition) is 1. The molecule has 0 amide bonds. The highest BCUT2D eigenvalue weighted by molar-refractivity contribution is 5.04. The largest absolute Gasteiger partial charge is 0.313 e. The lowest BCUT2D eigenvalue weighted by Gasteiger charge is -2.32. The zero-order valence-corrected chi connectivity index (χ0v) is 9.26. The third kappa shape index (κ3) is 2.82. The first kappa shape index (κ1) is 10.2. The molecule has 2 nitrogen and oxygen atoms in total. The second-order valence-electron chi connectivity index (χ2n) is 4.72. The maximum atomic E-state index is 3.62. The van der Waals surface area contributed by atoms with Crippen LogP contribution >= 0.6 is 0 Å². The molecule has 2 heterocycles. The molecule has 0 unspecified atom stereocenters. The van der Waals surface area contributed by atoms with Crippen molar-refractivity contribution in [3.05, 3.63) is 11.6 Å². The molecule has 0 aromatic heterocycles. The fourth-order valence-electron chi connectivity index (χ4n) is 2.54. The lowest BCUT2D eigenvalue weighted by atomic mass is 10.0. The Kier molecular flexibility index (Phi) is 3.60. The average Bonchev–Trinajstić information content (AvgIpc) is 2.19. The summed E-state index contributed by atoms with van der Waals surface area (Å²) in [4.78, 5) is 2.60. The Morgan fingerprint density at radius 2 is 2.43 bits per heavy atom. The van der Waals surface area contributed by atoms with E-state index in [1.165, 1.54) is 51.9 Å². The van der Waals surface area contributed by atoms with Gasteiger partial charge in [0.15, 0.2) is 0 Å². The van der Waals surface area contributed by atoms with Crippen molar-refractivity contribution >= 4 is 0 Å². The van der Waals surface area contributed by atoms with E-state index < -0.39 is 0 Å². The van der Waals surface area contributed by atoms with Crippen molar-refractivity contribution in [3.63, 3.8) is 0 Å². The van der Waals surface area contributed by atoms with Crippen LogP contribution in [0, 0.1) is 0 Å². The van der Waals surface area contributed by atoms with Crippen molar-refractivity contribution in [1.82, 2.24) is 10.2 Å². The lowest BCUT2D eigenvalue weighted by molar-refractivity contribution is 0.235. The monoisotopic (exact) mass is 194 g/mol. The number of piperidine rings is 1. The lowest BCUT2D eigenvalue weighted by Crippen LogP contribution is -2.45. The Hall–Kier alpha value is -0.340. The first-order valence-electron chi connectivity index (χ1n) is 5.96. The van der Waals surface area contributed by atoms with Gasteiger partial charge >= 0.3 is 0 Å². The molecule has 80 valence electrons. The predicted octanol–water partition coefficient (Wildman–Crippen LogP) is 1.78. The van der Waals surface area contributed by atoms with E-state index in [1.54, 1.807) is 5.57 Å². The molecule has 0 saturated carbocycles. The Morgan fingerprint density at radius 3 is 3.14 bits per heavy atom. The average molecular weight is 194 g/mol. The molecule has 0 aromatic rings. The van der Waals surface area contributed by atoms with E-state index in [-0.39, 0.29) is 0 Å². The van der Waals surface area contributed by atoms with Gasteiger partial charge in [-0.25, -0.2) is 0 Å². The molecule has 1 atom stereocenters. The van der Waals surface area contributed by atoms with Gasteiger partial charge in [-0.15, -0.1) is 0 Å². The van der Waals surface area contributed by atoms with E-state index in [0.717, 1.165) is 6.04 Å². The molecule has 0 bridgehead atoms. The number of nitrogens with one attached hydrogen (secondary N) is 1. The van der Waals surface area contributed by atoms with Gasteiger partial charge in [-0.3, -0.25) is 4.90 Å². The van der Waals surface area contributed by atoms with Gasteiger partial charge in [0, 0.05) is 25.7 Å². The molecule has 1 fully saturated rings. The van der Waals surface area contributed by atoms with Crippen LogP contribution in [0.1, 0.15) is 32.6 Å². The minimum absolute atomic E-state index is 0.759. The standard InChI is InChI=1S/C12H22N2/c1-11-5-4-8-14(9-11)10-12-6-2-3-7-13-12/h5,12-13H,2-4,6-10H2,1H3/t12-/m0/s1. The van der Waals surface area contributed by atoms with Crippen molar-refractivity contribution in [2.24, 2.45) is 0 Å². The van der Waals surface area contributed by atoms with E-state index in [1.807, 2.05) is 0 Å². The molecule has 1 saturated heterocycles. The van der Waals surface area contributed by atoms with Gasteiger partial charge < -0.3 is 5.32 Å². The van der Waals surface area contributed by atoms with Crippen molar-refractivity contribution in [1.29, 1.82) is 0 Å². The van der Waals surface area contributed by atoms with Crippen LogP contribution in [-0.4, -0.2) is 37.1 Å². The van der Waals surface area contributed by atoms with Gasteiger partial charge in [0.1, 0.15) is 0 Å². The highest BCUT2D eigenvalue weighted by Crippen LogP contribution is 2.13. The van der Waals surface area contributed by atoms with Gasteiger partial charge in [0.05, 0.1) is 0 Å². The minimum Gasteiger partial charge on any atom is -0.313 e. The van der Waals surface area contributed by atoms with Crippen molar-refractivity contribution in [3.8, 4) is 0 Å². The smallest absolute Gasteiger partial charge is 0.0195 e. The minimum atomic E-state index is 0.759. The maximum absolute atomic E-state index is 3.62. The van der Waals surface area contributed by atoms with Gasteiger partial charge in [-0.1, -0.05) is 18.1 Å². The summed E-state index contributed by atoms with van der Waals surface area (Å²) >= 11 is 0. The van der Waals surface area contributed by atoms with Gasteiger partial charge in [-0.05, 0) is 32.7 Å². The highest BCUT2D eigenvalue weighted by Gasteiger charge is 2.17. The summed E-state index contributed by atoms with van der Waals surface area (Å²) in [5.74, 6) is 0. The zero-order valence-electron chi connectivity index (χ0n) is 9.26. The molecule has 2 rings (SSSR count). The SMILES string of the molecule is CC1=CCCN(C[C@@H]2CCCCN2)C1. The molecule has 2 aliphatic rings. The second kappa shape index (κ2) is 4.94. The van der Waals surface area contributed by atoms with Crippen LogP contribution in [0.5, 0.6) is 0 Å². The summed E-state index contributed by atoms with van der Waals surface area (Å²) in [6, 6.07) is 0.759. The van der Waals surface area contributed by atoms with E-state index in [9.17, 15) is 0 Å². The van der Waals surface area contributed by atoms with Crippen LogP contribution < -0.4 is 5.32 Å². The number of rotatable bonds is 2. The first-order chi connectivity index (χ1) is 6.84.